The number of hydrogen-bond acceptors (Lipinski definition) is 6. The predicted molar refractivity (Wildman–Crippen MR) is 104 cm³/mol. The molecule has 0 saturated heterocycles. The van der Waals surface area contributed by atoms with Crippen LogP contribution in [-0.2, 0) is 16.1 Å². The highest BCUT2D eigenvalue weighted by atomic mass is 16.5. The molecular formula is C20H16N6O2. The molecule has 8 heteroatoms. The zero-order valence-electron chi connectivity index (χ0n) is 15.1. The summed E-state index contributed by atoms with van der Waals surface area (Å²) in [5, 5.41) is 14.1. The fraction of sp³-hybridized carbons (Fsp3) is 0.150. The van der Waals surface area contributed by atoms with Crippen molar-refractivity contribution >= 4 is 33.8 Å². The molecule has 0 aliphatic rings. The van der Waals surface area contributed by atoms with Crippen molar-refractivity contribution in [3.05, 3.63) is 54.6 Å². The van der Waals surface area contributed by atoms with E-state index >= 15 is 0 Å². The minimum Gasteiger partial charge on any atom is -0.465 e. The number of carbonyl (C=O) groups excluding carboxylic acids is 1. The number of nitrogens with zero attached hydrogens (tertiary/aromatic N) is 6. The molecule has 0 saturated carbocycles. The van der Waals surface area contributed by atoms with Gasteiger partial charge in [-0.05, 0) is 13.0 Å². The fourth-order valence-electron chi connectivity index (χ4n) is 3.37. The molecule has 138 valence electrons. The van der Waals surface area contributed by atoms with Crippen molar-refractivity contribution in [1.82, 2.24) is 29.4 Å². The lowest BCUT2D eigenvalue weighted by Gasteiger charge is -2.06. The molecular weight excluding hydrogens is 356 g/mol. The third kappa shape index (κ3) is 2.50. The van der Waals surface area contributed by atoms with E-state index in [-0.39, 0.29) is 12.5 Å². The van der Waals surface area contributed by atoms with Gasteiger partial charge in [0.2, 0.25) is 0 Å². The van der Waals surface area contributed by atoms with Crippen LogP contribution in [0.15, 0.2) is 54.6 Å². The van der Waals surface area contributed by atoms with Crippen molar-refractivity contribution in [3.63, 3.8) is 0 Å². The van der Waals surface area contributed by atoms with E-state index in [2.05, 4.69) is 15.2 Å². The Morgan fingerprint density at radius 1 is 1.04 bits per heavy atom. The first-order valence-corrected chi connectivity index (χ1v) is 8.97. The van der Waals surface area contributed by atoms with Crippen molar-refractivity contribution < 1.29 is 9.53 Å². The molecule has 0 aliphatic carbocycles. The maximum absolute atomic E-state index is 12.1. The summed E-state index contributed by atoms with van der Waals surface area (Å²) in [7, 11) is 0. The Labute approximate surface area is 159 Å². The highest BCUT2D eigenvalue weighted by Gasteiger charge is 2.19. The smallest absolute Gasteiger partial charge is 0.326 e. The number of esters is 1. The van der Waals surface area contributed by atoms with Gasteiger partial charge < -0.3 is 9.30 Å². The Hall–Kier alpha value is -3.81. The molecule has 0 aliphatic heterocycles. The number of hydrogen-bond donors (Lipinski definition) is 0. The third-order valence-electron chi connectivity index (χ3n) is 4.57. The monoisotopic (exact) mass is 372 g/mol. The molecule has 3 aromatic heterocycles. The van der Waals surface area contributed by atoms with Crippen LogP contribution in [0.4, 0.5) is 0 Å². The number of benzene rings is 2. The molecule has 0 radical (unpaired) electrons. The van der Waals surface area contributed by atoms with Gasteiger partial charge in [-0.25, -0.2) is 0 Å². The molecule has 5 aromatic rings. The first-order valence-electron chi connectivity index (χ1n) is 8.97. The summed E-state index contributed by atoms with van der Waals surface area (Å²) in [5.41, 5.74) is 3.03. The van der Waals surface area contributed by atoms with Gasteiger partial charge in [-0.15, -0.1) is 10.2 Å². The standard InChI is InChI=1S/C20H16N6O2/c1-2-28-16(27)12-25-15-11-7-6-10-14(15)17-19(25)21-20-23-22-18(26(20)24-17)13-8-4-3-5-9-13/h3-11H,2,12H2,1H3. The predicted octanol–water partition coefficient (Wildman–Crippen LogP) is 2.86. The molecule has 0 bridgehead atoms. The number of ether oxygens (including phenoxy) is 1. The summed E-state index contributed by atoms with van der Waals surface area (Å²) in [6.07, 6.45) is 0. The molecule has 0 spiro atoms. The van der Waals surface area contributed by atoms with Crippen LogP contribution in [0.25, 0.3) is 39.2 Å². The van der Waals surface area contributed by atoms with Gasteiger partial charge in [0.25, 0.3) is 5.78 Å². The van der Waals surface area contributed by atoms with Gasteiger partial charge in [0, 0.05) is 10.9 Å². The van der Waals surface area contributed by atoms with Crippen molar-refractivity contribution in [2.24, 2.45) is 0 Å². The Kier molecular flexibility index (Phi) is 3.75. The summed E-state index contributed by atoms with van der Waals surface area (Å²) in [5.74, 6) is 0.671. The number of fused-ring (bicyclic) bond motifs is 4. The van der Waals surface area contributed by atoms with Gasteiger partial charge in [-0.2, -0.15) is 14.6 Å². The van der Waals surface area contributed by atoms with E-state index in [4.69, 9.17) is 9.84 Å². The Balaban J connectivity index is 1.78. The van der Waals surface area contributed by atoms with Crippen LogP contribution in [0.5, 0.6) is 0 Å². The number of carbonyl (C=O) groups is 1. The second-order valence-electron chi connectivity index (χ2n) is 6.29. The van der Waals surface area contributed by atoms with E-state index in [1.807, 2.05) is 59.2 Å². The number of rotatable bonds is 4. The molecule has 5 rings (SSSR count). The lowest BCUT2D eigenvalue weighted by Crippen LogP contribution is -2.14. The second-order valence-corrected chi connectivity index (χ2v) is 6.29. The summed E-state index contributed by atoms with van der Waals surface area (Å²) in [6.45, 7) is 2.17. The first kappa shape index (κ1) is 16.4. The number of aromatic nitrogens is 6. The van der Waals surface area contributed by atoms with Crippen LogP contribution in [0.2, 0.25) is 0 Å². The number of para-hydroxylation sites is 1. The van der Waals surface area contributed by atoms with Crippen molar-refractivity contribution in [2.75, 3.05) is 6.61 Å². The Morgan fingerprint density at radius 2 is 1.82 bits per heavy atom. The zero-order chi connectivity index (χ0) is 19.1. The highest BCUT2D eigenvalue weighted by Crippen LogP contribution is 2.27. The zero-order valence-corrected chi connectivity index (χ0v) is 15.1. The van der Waals surface area contributed by atoms with Crippen LogP contribution in [0.1, 0.15) is 6.92 Å². The summed E-state index contributed by atoms with van der Waals surface area (Å²) in [4.78, 5) is 16.8. The van der Waals surface area contributed by atoms with E-state index in [1.54, 1.807) is 11.4 Å². The van der Waals surface area contributed by atoms with Crippen LogP contribution in [0, 0.1) is 0 Å². The lowest BCUT2D eigenvalue weighted by atomic mass is 10.2. The minimum atomic E-state index is -0.321. The maximum Gasteiger partial charge on any atom is 0.326 e. The van der Waals surface area contributed by atoms with E-state index in [9.17, 15) is 4.79 Å². The molecule has 0 N–H and O–H groups in total. The summed E-state index contributed by atoms with van der Waals surface area (Å²) < 4.78 is 8.57. The molecule has 0 amide bonds. The minimum absolute atomic E-state index is 0.0579. The summed E-state index contributed by atoms with van der Waals surface area (Å²) in [6, 6.07) is 17.5. The van der Waals surface area contributed by atoms with Crippen LogP contribution < -0.4 is 0 Å². The van der Waals surface area contributed by atoms with Gasteiger partial charge in [0.1, 0.15) is 12.1 Å². The fourth-order valence-corrected chi connectivity index (χ4v) is 3.37. The maximum atomic E-state index is 12.1. The van der Waals surface area contributed by atoms with Crippen molar-refractivity contribution in [1.29, 1.82) is 0 Å². The van der Waals surface area contributed by atoms with E-state index in [0.29, 0.717) is 29.4 Å². The van der Waals surface area contributed by atoms with E-state index in [0.717, 1.165) is 16.5 Å². The molecule has 2 aromatic carbocycles. The van der Waals surface area contributed by atoms with Gasteiger partial charge in [-0.1, -0.05) is 48.5 Å². The van der Waals surface area contributed by atoms with Crippen LogP contribution >= 0.6 is 0 Å². The molecule has 0 fully saturated rings. The molecule has 0 unspecified atom stereocenters. The van der Waals surface area contributed by atoms with E-state index in [1.165, 1.54) is 0 Å². The first-order chi connectivity index (χ1) is 13.8. The molecule has 28 heavy (non-hydrogen) atoms. The molecule has 3 heterocycles. The lowest BCUT2D eigenvalue weighted by molar-refractivity contribution is -0.143. The van der Waals surface area contributed by atoms with Crippen molar-refractivity contribution in [3.8, 4) is 11.4 Å². The van der Waals surface area contributed by atoms with Crippen LogP contribution in [0.3, 0.4) is 0 Å². The third-order valence-corrected chi connectivity index (χ3v) is 4.57. The summed E-state index contributed by atoms with van der Waals surface area (Å²) >= 11 is 0. The van der Waals surface area contributed by atoms with Gasteiger partial charge in [0.05, 0.1) is 12.1 Å². The molecule has 8 nitrogen and oxygen atoms in total. The van der Waals surface area contributed by atoms with Gasteiger partial charge >= 0.3 is 5.97 Å². The Bertz CT molecular complexity index is 1320. The average molecular weight is 372 g/mol. The highest BCUT2D eigenvalue weighted by molar-refractivity contribution is 6.05. The SMILES string of the molecule is CCOC(=O)Cn1c2ccccc2c2nn3c(-c4ccccc4)nnc3nc21. The Morgan fingerprint density at radius 3 is 2.64 bits per heavy atom. The van der Waals surface area contributed by atoms with E-state index < -0.39 is 0 Å². The largest absolute Gasteiger partial charge is 0.465 e. The average Bonchev–Trinajstić information content (AvgIpc) is 3.27. The van der Waals surface area contributed by atoms with Gasteiger partial charge in [0.15, 0.2) is 11.5 Å². The topological polar surface area (TPSA) is 87.2 Å². The van der Waals surface area contributed by atoms with Crippen molar-refractivity contribution in [2.45, 2.75) is 13.5 Å². The van der Waals surface area contributed by atoms with Gasteiger partial charge in [-0.3, -0.25) is 4.79 Å². The normalized spacial score (nSPS) is 11.5. The second kappa shape index (κ2) is 6.41. The molecule has 0 atom stereocenters. The van der Waals surface area contributed by atoms with Crippen LogP contribution in [-0.4, -0.2) is 41.9 Å². The quantitative estimate of drug-likeness (QED) is 0.451.